The molecule has 8 nitrogen and oxygen atoms in total. The lowest BCUT2D eigenvalue weighted by molar-refractivity contribution is -0.136. The van der Waals surface area contributed by atoms with Crippen molar-refractivity contribution in [3.05, 3.63) is 67.3 Å². The number of rotatable bonds is 7. The monoisotopic (exact) mass is 419 g/mol. The van der Waals surface area contributed by atoms with Gasteiger partial charge in [0.2, 0.25) is 5.78 Å². The normalized spacial score (nSPS) is 11.2. The Kier molecular flexibility index (Phi) is 7.17. The van der Waals surface area contributed by atoms with E-state index in [1.54, 1.807) is 24.3 Å². The molecule has 0 unspecified atom stereocenters. The SMILES string of the molecule is CC(C)Cn1c(N)c(C(=O)COC(=O)/C=C/c2ccccc2Cl)c(=O)n(C)c1=O. The molecule has 0 radical (unpaired) electrons. The third-order valence-electron chi connectivity index (χ3n) is 4.06. The molecular formula is C20H22ClN3O5. The zero-order valence-electron chi connectivity index (χ0n) is 16.3. The summed E-state index contributed by atoms with van der Waals surface area (Å²) >= 11 is 5.99. The molecule has 2 rings (SSSR count). The van der Waals surface area contributed by atoms with Crippen LogP contribution in [0, 0.1) is 5.92 Å². The van der Waals surface area contributed by atoms with Gasteiger partial charge < -0.3 is 10.5 Å². The number of benzene rings is 1. The van der Waals surface area contributed by atoms with E-state index in [1.165, 1.54) is 17.7 Å². The predicted molar refractivity (Wildman–Crippen MR) is 111 cm³/mol. The van der Waals surface area contributed by atoms with Crippen molar-refractivity contribution in [3.63, 3.8) is 0 Å². The molecule has 0 amide bonds. The number of aromatic nitrogens is 2. The first kappa shape index (κ1) is 22.2. The van der Waals surface area contributed by atoms with Crippen LogP contribution >= 0.6 is 11.6 Å². The van der Waals surface area contributed by atoms with Gasteiger partial charge in [-0.25, -0.2) is 9.59 Å². The second-order valence-corrected chi connectivity index (χ2v) is 7.20. The lowest BCUT2D eigenvalue weighted by Gasteiger charge is -2.16. The smallest absolute Gasteiger partial charge is 0.332 e. The summed E-state index contributed by atoms with van der Waals surface area (Å²) in [4.78, 5) is 49.0. The summed E-state index contributed by atoms with van der Waals surface area (Å²) in [5.41, 5.74) is 4.70. The molecule has 0 atom stereocenters. The van der Waals surface area contributed by atoms with Crippen molar-refractivity contribution in [3.8, 4) is 0 Å². The zero-order chi connectivity index (χ0) is 21.7. The first-order valence-electron chi connectivity index (χ1n) is 8.85. The fourth-order valence-electron chi connectivity index (χ4n) is 2.61. The van der Waals surface area contributed by atoms with E-state index in [1.807, 2.05) is 13.8 Å². The molecule has 1 aromatic heterocycles. The fraction of sp³-hybridized carbons (Fsp3) is 0.300. The number of nitrogens with two attached hydrogens (primary N) is 1. The maximum atomic E-state index is 12.5. The van der Waals surface area contributed by atoms with Crippen molar-refractivity contribution in [2.24, 2.45) is 13.0 Å². The molecule has 0 aliphatic rings. The highest BCUT2D eigenvalue weighted by Gasteiger charge is 2.22. The first-order chi connectivity index (χ1) is 13.6. The van der Waals surface area contributed by atoms with Gasteiger partial charge in [-0.05, 0) is 23.6 Å². The number of anilines is 1. The van der Waals surface area contributed by atoms with E-state index in [9.17, 15) is 19.2 Å². The number of nitrogen functional groups attached to an aromatic ring is 1. The maximum Gasteiger partial charge on any atom is 0.332 e. The van der Waals surface area contributed by atoms with Crippen LogP contribution in [-0.4, -0.2) is 27.5 Å². The van der Waals surface area contributed by atoms with Crippen LogP contribution in [0.25, 0.3) is 6.08 Å². The van der Waals surface area contributed by atoms with Gasteiger partial charge in [0.05, 0.1) is 0 Å². The standard InChI is InChI=1S/C20H22ClN3O5/c1-12(2)10-24-18(22)17(19(27)23(3)20(24)28)15(25)11-29-16(26)9-8-13-6-4-5-7-14(13)21/h4-9,12H,10-11,22H2,1-3H3/b9-8+. The Morgan fingerprint density at radius 1 is 1.24 bits per heavy atom. The highest BCUT2D eigenvalue weighted by atomic mass is 35.5. The Balaban J connectivity index is 2.20. The number of halogens is 1. The third-order valence-corrected chi connectivity index (χ3v) is 4.40. The number of carbonyl (C=O) groups is 2. The lowest BCUT2D eigenvalue weighted by Crippen LogP contribution is -2.43. The molecule has 1 aromatic carbocycles. The summed E-state index contributed by atoms with van der Waals surface area (Å²) in [5.74, 6) is -1.76. The van der Waals surface area contributed by atoms with Gasteiger partial charge in [-0.3, -0.25) is 18.7 Å². The maximum absolute atomic E-state index is 12.5. The van der Waals surface area contributed by atoms with E-state index in [0.29, 0.717) is 10.6 Å². The Labute approximate surface area is 172 Å². The number of nitrogens with zero attached hydrogens (tertiary/aromatic N) is 2. The highest BCUT2D eigenvalue weighted by Crippen LogP contribution is 2.16. The van der Waals surface area contributed by atoms with Crippen molar-refractivity contribution in [1.82, 2.24) is 9.13 Å². The van der Waals surface area contributed by atoms with E-state index >= 15 is 0 Å². The minimum Gasteiger partial charge on any atom is -0.454 e. The quantitative estimate of drug-likeness (QED) is 0.416. The van der Waals surface area contributed by atoms with E-state index < -0.39 is 29.6 Å². The van der Waals surface area contributed by atoms with Crippen LogP contribution in [0.2, 0.25) is 5.02 Å². The number of Topliss-reactive ketones (excluding diaryl/α,β-unsaturated/α-hetero) is 1. The highest BCUT2D eigenvalue weighted by molar-refractivity contribution is 6.32. The number of ether oxygens (including phenoxy) is 1. The van der Waals surface area contributed by atoms with Crippen LogP contribution in [0.5, 0.6) is 0 Å². The Bertz CT molecular complexity index is 1080. The van der Waals surface area contributed by atoms with Crippen LogP contribution in [0.1, 0.15) is 29.8 Å². The Hall–Kier alpha value is -3.13. The minimum atomic E-state index is -0.833. The van der Waals surface area contributed by atoms with Gasteiger partial charge in [-0.1, -0.05) is 43.6 Å². The Morgan fingerprint density at radius 2 is 1.90 bits per heavy atom. The number of esters is 1. The average molecular weight is 420 g/mol. The first-order valence-corrected chi connectivity index (χ1v) is 9.23. The number of hydrogen-bond donors (Lipinski definition) is 1. The summed E-state index contributed by atoms with van der Waals surface area (Å²) in [6.07, 6.45) is 2.57. The molecule has 0 aliphatic heterocycles. The predicted octanol–water partition coefficient (Wildman–Crippen LogP) is 1.88. The van der Waals surface area contributed by atoms with Gasteiger partial charge >= 0.3 is 11.7 Å². The summed E-state index contributed by atoms with van der Waals surface area (Å²) < 4.78 is 6.89. The van der Waals surface area contributed by atoms with Crippen LogP contribution in [-0.2, 0) is 23.1 Å². The Morgan fingerprint density at radius 3 is 2.52 bits per heavy atom. The number of ketones is 1. The van der Waals surface area contributed by atoms with Crippen molar-refractivity contribution in [1.29, 1.82) is 0 Å². The van der Waals surface area contributed by atoms with Crippen LogP contribution in [0.15, 0.2) is 39.9 Å². The van der Waals surface area contributed by atoms with Crippen molar-refractivity contribution >= 4 is 35.2 Å². The number of carbonyl (C=O) groups excluding carboxylic acids is 2. The molecule has 0 fully saturated rings. The van der Waals surface area contributed by atoms with Crippen LogP contribution in [0.3, 0.4) is 0 Å². The average Bonchev–Trinajstić information content (AvgIpc) is 2.67. The molecule has 0 saturated heterocycles. The molecule has 1 heterocycles. The molecule has 0 bridgehead atoms. The van der Waals surface area contributed by atoms with Gasteiger partial charge in [-0.2, -0.15) is 0 Å². The van der Waals surface area contributed by atoms with Gasteiger partial charge in [-0.15, -0.1) is 0 Å². The molecule has 154 valence electrons. The van der Waals surface area contributed by atoms with Gasteiger partial charge in [0.15, 0.2) is 6.61 Å². The zero-order valence-corrected chi connectivity index (χ0v) is 17.1. The van der Waals surface area contributed by atoms with Gasteiger partial charge in [0.25, 0.3) is 5.56 Å². The summed E-state index contributed by atoms with van der Waals surface area (Å²) in [6, 6.07) is 6.88. The van der Waals surface area contributed by atoms with Crippen LogP contribution in [0.4, 0.5) is 5.82 Å². The molecule has 2 N–H and O–H groups in total. The molecule has 0 spiro atoms. The fourth-order valence-corrected chi connectivity index (χ4v) is 2.81. The van der Waals surface area contributed by atoms with Crippen molar-refractivity contribution in [2.45, 2.75) is 20.4 Å². The van der Waals surface area contributed by atoms with E-state index in [-0.39, 0.29) is 23.8 Å². The minimum absolute atomic E-state index is 0.0585. The van der Waals surface area contributed by atoms with Crippen molar-refractivity contribution < 1.29 is 14.3 Å². The van der Waals surface area contributed by atoms with Gasteiger partial charge in [0.1, 0.15) is 11.4 Å². The molecular weight excluding hydrogens is 398 g/mol. The molecule has 0 aliphatic carbocycles. The van der Waals surface area contributed by atoms with Gasteiger partial charge in [0, 0.05) is 24.7 Å². The molecule has 9 heteroatoms. The summed E-state index contributed by atoms with van der Waals surface area (Å²) in [6.45, 7) is 3.28. The van der Waals surface area contributed by atoms with E-state index in [0.717, 1.165) is 10.6 Å². The second kappa shape index (κ2) is 9.38. The molecule has 29 heavy (non-hydrogen) atoms. The largest absolute Gasteiger partial charge is 0.454 e. The van der Waals surface area contributed by atoms with Crippen LogP contribution < -0.4 is 17.0 Å². The van der Waals surface area contributed by atoms with E-state index in [2.05, 4.69) is 0 Å². The van der Waals surface area contributed by atoms with E-state index in [4.69, 9.17) is 22.1 Å². The number of hydrogen-bond acceptors (Lipinski definition) is 6. The molecule has 0 saturated carbocycles. The third kappa shape index (κ3) is 5.23. The summed E-state index contributed by atoms with van der Waals surface area (Å²) in [7, 11) is 1.26. The second-order valence-electron chi connectivity index (χ2n) is 6.80. The topological polar surface area (TPSA) is 113 Å². The molecule has 2 aromatic rings. The van der Waals surface area contributed by atoms with Crippen molar-refractivity contribution in [2.75, 3.05) is 12.3 Å². The lowest BCUT2D eigenvalue weighted by atomic mass is 10.1. The summed E-state index contributed by atoms with van der Waals surface area (Å²) in [5, 5.41) is 0.455.